The van der Waals surface area contributed by atoms with Gasteiger partial charge in [0.25, 0.3) is 0 Å². The molecule has 11 heavy (non-hydrogen) atoms. The van der Waals surface area contributed by atoms with E-state index in [9.17, 15) is 0 Å². The Bertz CT molecular complexity index is 202. The summed E-state index contributed by atoms with van der Waals surface area (Å²) in [6.45, 7) is 9.80. The van der Waals surface area contributed by atoms with E-state index in [2.05, 4.69) is 31.7 Å². The summed E-state index contributed by atoms with van der Waals surface area (Å²) in [5.74, 6) is 0. The van der Waals surface area contributed by atoms with Crippen molar-refractivity contribution in [2.75, 3.05) is 0 Å². The molecule has 60 valence electrons. The van der Waals surface area contributed by atoms with Crippen LogP contribution in [0.2, 0.25) is 0 Å². The fourth-order valence-electron chi connectivity index (χ4n) is 0.794. The fourth-order valence-corrected chi connectivity index (χ4v) is 0.794. The summed E-state index contributed by atoms with van der Waals surface area (Å²) in [5, 5.41) is 0. The Morgan fingerprint density at radius 2 is 1.82 bits per heavy atom. The van der Waals surface area contributed by atoms with Crippen molar-refractivity contribution in [1.82, 2.24) is 0 Å². The molecule has 0 fully saturated rings. The van der Waals surface area contributed by atoms with Crippen LogP contribution in [0.1, 0.15) is 20.8 Å². The monoisotopic (exact) mass is 148 g/mol. The smallest absolute Gasteiger partial charge is 0.0273 e. The van der Waals surface area contributed by atoms with E-state index in [1.54, 1.807) is 6.08 Å². The molecule has 0 aromatic heterocycles. The van der Waals surface area contributed by atoms with Crippen molar-refractivity contribution in [3.05, 3.63) is 48.1 Å². The first kappa shape index (κ1) is 9.96. The molecule has 0 aromatic rings. The molecule has 0 aliphatic carbocycles. The molecule has 0 aliphatic rings. The van der Waals surface area contributed by atoms with Crippen LogP contribution in [0.3, 0.4) is 0 Å². The third-order valence-corrected chi connectivity index (χ3v) is 1.61. The first-order valence-electron chi connectivity index (χ1n) is 3.85. The zero-order valence-corrected chi connectivity index (χ0v) is 7.59. The van der Waals surface area contributed by atoms with E-state index in [1.807, 2.05) is 19.9 Å². The second-order valence-corrected chi connectivity index (χ2v) is 2.31. The van der Waals surface area contributed by atoms with Crippen LogP contribution in [0.4, 0.5) is 0 Å². The van der Waals surface area contributed by atoms with Crippen molar-refractivity contribution in [3.63, 3.8) is 0 Å². The Kier molecular flexibility index (Phi) is 5.18. The summed E-state index contributed by atoms with van der Waals surface area (Å²) < 4.78 is 0. The second kappa shape index (κ2) is 5.72. The van der Waals surface area contributed by atoms with Crippen LogP contribution in [0, 0.1) is 0 Å². The van der Waals surface area contributed by atoms with Gasteiger partial charge in [-0.2, -0.15) is 0 Å². The topological polar surface area (TPSA) is 0 Å². The number of rotatable bonds is 3. The van der Waals surface area contributed by atoms with E-state index in [0.717, 1.165) is 0 Å². The van der Waals surface area contributed by atoms with Crippen LogP contribution in [0.15, 0.2) is 48.1 Å². The molecular formula is C11H16. The van der Waals surface area contributed by atoms with Gasteiger partial charge >= 0.3 is 0 Å². The Labute approximate surface area is 69.6 Å². The predicted molar refractivity (Wildman–Crippen MR) is 52.5 cm³/mol. The molecule has 0 saturated heterocycles. The van der Waals surface area contributed by atoms with Crippen LogP contribution in [-0.4, -0.2) is 0 Å². The Balaban J connectivity index is 4.44. The first-order chi connectivity index (χ1) is 5.26. The molecular weight excluding hydrogens is 132 g/mol. The third-order valence-electron chi connectivity index (χ3n) is 1.61. The minimum atomic E-state index is 1.26. The van der Waals surface area contributed by atoms with Crippen molar-refractivity contribution in [1.29, 1.82) is 0 Å². The van der Waals surface area contributed by atoms with Gasteiger partial charge in [-0.15, -0.1) is 0 Å². The van der Waals surface area contributed by atoms with Crippen molar-refractivity contribution < 1.29 is 0 Å². The van der Waals surface area contributed by atoms with Gasteiger partial charge in [-0.1, -0.05) is 37.0 Å². The van der Waals surface area contributed by atoms with Gasteiger partial charge in [-0.3, -0.25) is 0 Å². The molecule has 0 radical (unpaired) electrons. The van der Waals surface area contributed by atoms with Gasteiger partial charge in [0.1, 0.15) is 0 Å². The highest BCUT2D eigenvalue weighted by Crippen LogP contribution is 2.09. The molecule has 0 atom stereocenters. The highest BCUT2D eigenvalue weighted by atomic mass is 13.9. The highest BCUT2D eigenvalue weighted by Gasteiger charge is 1.89. The van der Waals surface area contributed by atoms with Gasteiger partial charge in [0.05, 0.1) is 0 Å². The van der Waals surface area contributed by atoms with E-state index in [4.69, 9.17) is 0 Å². The van der Waals surface area contributed by atoms with E-state index >= 15 is 0 Å². The SMILES string of the molecule is C=C\C=C/C(=C/C)C(/C)=C\C. The number of allylic oxidation sites excluding steroid dienone is 7. The maximum Gasteiger partial charge on any atom is -0.0273 e. The van der Waals surface area contributed by atoms with E-state index in [0.29, 0.717) is 0 Å². The van der Waals surface area contributed by atoms with Crippen LogP contribution < -0.4 is 0 Å². The molecule has 0 heterocycles. The van der Waals surface area contributed by atoms with Gasteiger partial charge < -0.3 is 0 Å². The fraction of sp³-hybridized carbons (Fsp3) is 0.273. The lowest BCUT2D eigenvalue weighted by molar-refractivity contribution is 1.38. The maximum atomic E-state index is 3.62. The quantitative estimate of drug-likeness (QED) is 0.536. The normalized spacial score (nSPS) is 14.1. The molecule has 0 aliphatic heterocycles. The minimum Gasteiger partial charge on any atom is -0.0991 e. The van der Waals surface area contributed by atoms with Crippen molar-refractivity contribution >= 4 is 0 Å². The molecule has 0 aromatic carbocycles. The average Bonchev–Trinajstić information content (AvgIpc) is 2.05. The standard InChI is InChI=1S/C11H16/c1-5-8-9-11(7-3)10(4)6-2/h5-9H,1H2,2-4H3/b9-8-,10-6-,11-7-. The minimum absolute atomic E-state index is 1.26. The number of hydrogen-bond acceptors (Lipinski definition) is 0. The lowest BCUT2D eigenvalue weighted by Crippen LogP contribution is -1.78. The maximum absolute atomic E-state index is 3.62. The van der Waals surface area contributed by atoms with Gasteiger partial charge in [0.2, 0.25) is 0 Å². The summed E-state index contributed by atoms with van der Waals surface area (Å²) in [7, 11) is 0. The third kappa shape index (κ3) is 3.61. The average molecular weight is 148 g/mol. The molecule has 0 heteroatoms. The van der Waals surface area contributed by atoms with Crippen molar-refractivity contribution in [3.8, 4) is 0 Å². The van der Waals surface area contributed by atoms with Crippen molar-refractivity contribution in [2.45, 2.75) is 20.8 Å². The molecule has 0 nitrogen and oxygen atoms in total. The van der Waals surface area contributed by atoms with Crippen LogP contribution in [0.25, 0.3) is 0 Å². The molecule has 0 unspecified atom stereocenters. The largest absolute Gasteiger partial charge is 0.0991 e. The Morgan fingerprint density at radius 3 is 2.18 bits per heavy atom. The lowest BCUT2D eigenvalue weighted by Gasteiger charge is -1.98. The van der Waals surface area contributed by atoms with Crippen LogP contribution >= 0.6 is 0 Å². The highest BCUT2D eigenvalue weighted by molar-refractivity contribution is 5.38. The van der Waals surface area contributed by atoms with Gasteiger partial charge in [0.15, 0.2) is 0 Å². The van der Waals surface area contributed by atoms with Gasteiger partial charge in [0, 0.05) is 0 Å². The Morgan fingerprint density at radius 1 is 1.18 bits per heavy atom. The van der Waals surface area contributed by atoms with E-state index < -0.39 is 0 Å². The van der Waals surface area contributed by atoms with E-state index in [-0.39, 0.29) is 0 Å². The molecule has 0 N–H and O–H groups in total. The van der Waals surface area contributed by atoms with Gasteiger partial charge in [-0.25, -0.2) is 0 Å². The van der Waals surface area contributed by atoms with Crippen LogP contribution in [-0.2, 0) is 0 Å². The molecule has 0 amide bonds. The lowest BCUT2D eigenvalue weighted by atomic mass is 10.1. The summed E-state index contributed by atoms with van der Waals surface area (Å²) in [6, 6.07) is 0. The first-order valence-corrected chi connectivity index (χ1v) is 3.85. The second-order valence-electron chi connectivity index (χ2n) is 2.31. The summed E-state index contributed by atoms with van der Waals surface area (Å²) in [4.78, 5) is 0. The molecule has 0 saturated carbocycles. The van der Waals surface area contributed by atoms with Gasteiger partial charge in [-0.05, 0) is 31.9 Å². The summed E-state index contributed by atoms with van der Waals surface area (Å²) in [6.07, 6.45) is 9.98. The molecule has 0 bridgehead atoms. The zero-order valence-electron chi connectivity index (χ0n) is 7.59. The zero-order chi connectivity index (χ0) is 8.69. The van der Waals surface area contributed by atoms with Crippen molar-refractivity contribution in [2.24, 2.45) is 0 Å². The summed E-state index contributed by atoms with van der Waals surface area (Å²) >= 11 is 0. The summed E-state index contributed by atoms with van der Waals surface area (Å²) in [5.41, 5.74) is 2.55. The predicted octanol–water partition coefficient (Wildman–Crippen LogP) is 3.64. The van der Waals surface area contributed by atoms with E-state index in [1.165, 1.54) is 11.1 Å². The molecule has 0 rings (SSSR count). The molecule has 0 spiro atoms. The number of hydrogen-bond donors (Lipinski definition) is 0. The van der Waals surface area contributed by atoms with Crippen LogP contribution in [0.5, 0.6) is 0 Å². The Hall–Kier alpha value is -1.04.